The third-order valence-corrected chi connectivity index (χ3v) is 8.68. The number of ether oxygens (including phenoxy) is 2. The average molecular weight is 1110 g/mol. The summed E-state index contributed by atoms with van der Waals surface area (Å²) in [7, 11) is 0. The van der Waals surface area contributed by atoms with Gasteiger partial charge in [-0.2, -0.15) is 0 Å². The van der Waals surface area contributed by atoms with Crippen LogP contribution in [0.25, 0.3) is 54.2 Å². The molecule has 0 bridgehead atoms. The maximum Gasteiger partial charge on any atom is 0.216 e. The van der Waals surface area contributed by atoms with Crippen LogP contribution in [-0.4, -0.2) is 19.1 Å². The molecule has 0 aliphatic carbocycles. The van der Waals surface area contributed by atoms with Crippen LogP contribution in [-0.2, 0) is 42.1 Å². The Bertz CT molecular complexity index is 2810. The molecule has 10 aromatic rings. The Morgan fingerprint density at radius 1 is 0.448 bits per heavy atom. The van der Waals surface area contributed by atoms with E-state index in [2.05, 4.69) is 46.3 Å². The molecule has 0 spiro atoms. The summed E-state index contributed by atoms with van der Waals surface area (Å²) in [5.41, 5.74) is 1.32. The van der Waals surface area contributed by atoms with Gasteiger partial charge in [0.1, 0.15) is 0 Å². The fraction of sp³-hybridized carbons (Fsp3) is 0. The van der Waals surface area contributed by atoms with E-state index in [-0.39, 0.29) is 42.1 Å². The molecular weight excluding hydrogens is 1080 g/mol. The molecule has 0 fully saturated rings. The Hall–Kier alpha value is -6.68. The van der Waals surface area contributed by atoms with Crippen LogP contribution >= 0.6 is 0 Å². The summed E-state index contributed by atoms with van der Waals surface area (Å²) in [5.74, 6) is 2.08. The molecule has 0 amide bonds. The molecule has 286 valence electrons. The van der Waals surface area contributed by atoms with E-state index in [0.717, 1.165) is 43.1 Å². The number of pyridine rings is 2. The molecule has 0 saturated heterocycles. The predicted molar refractivity (Wildman–Crippen MR) is 220 cm³/mol. The molecule has 8 heteroatoms. The minimum absolute atomic E-state index is 0. The average Bonchev–Trinajstić information content (AvgIpc) is 4.00. The summed E-state index contributed by atoms with van der Waals surface area (Å²) in [6.45, 7) is 0. The summed E-state index contributed by atoms with van der Waals surface area (Å²) in [6.07, 6.45) is 23.8. The monoisotopic (exact) mass is 1110 g/mol. The van der Waals surface area contributed by atoms with Gasteiger partial charge >= 0.3 is 0 Å². The van der Waals surface area contributed by atoms with Gasteiger partial charge in [-0.25, -0.2) is 32.8 Å². The fourth-order valence-corrected chi connectivity index (χ4v) is 5.95. The normalized spacial score (nSPS) is 10.1. The SMILES string of the molecule is [C-]#Cn1cccc1.[C-]#Cn1cccc1.[Pt].[Pt].[c-]1c(-c2[c-]c(Oc3cc4ccccc4cn3)c3ccccc3[c-]2)[c-]c2ccccc2c1Oc1cc2ccccc2cn1. The van der Waals surface area contributed by atoms with Crippen molar-refractivity contribution < 1.29 is 51.6 Å². The van der Waals surface area contributed by atoms with Crippen LogP contribution in [0.15, 0.2) is 171 Å². The topological polar surface area (TPSA) is 54.1 Å². The van der Waals surface area contributed by atoms with Crippen LogP contribution in [0, 0.1) is 49.2 Å². The molecule has 4 aromatic heterocycles. The zero-order chi connectivity index (χ0) is 38.1. The first-order valence-corrected chi connectivity index (χ1v) is 17.6. The minimum atomic E-state index is 0. The van der Waals surface area contributed by atoms with E-state index < -0.39 is 0 Å². The van der Waals surface area contributed by atoms with E-state index in [1.54, 1.807) is 33.9 Å². The Labute approximate surface area is 365 Å². The Balaban J connectivity index is 0.000000300. The molecule has 58 heavy (non-hydrogen) atoms. The van der Waals surface area contributed by atoms with Gasteiger partial charge in [0.25, 0.3) is 0 Å². The van der Waals surface area contributed by atoms with E-state index in [0.29, 0.717) is 34.4 Å². The smallest absolute Gasteiger partial charge is 0.216 e. The van der Waals surface area contributed by atoms with Crippen molar-refractivity contribution in [2.75, 3.05) is 0 Å². The first-order valence-electron chi connectivity index (χ1n) is 17.6. The number of nitrogens with zero attached hydrogens (tertiary/aromatic N) is 4. The molecule has 6 aromatic carbocycles. The van der Waals surface area contributed by atoms with Crippen molar-refractivity contribution in [2.45, 2.75) is 0 Å². The summed E-state index contributed by atoms with van der Waals surface area (Å²) in [6, 6.07) is 61.5. The Kier molecular flexibility index (Phi) is 13.7. The second kappa shape index (κ2) is 19.5. The Morgan fingerprint density at radius 3 is 1.19 bits per heavy atom. The van der Waals surface area contributed by atoms with E-state index >= 15 is 0 Å². The maximum atomic E-state index is 6.57. The summed E-state index contributed by atoms with van der Waals surface area (Å²) < 4.78 is 15.8. The molecule has 0 N–H and O–H groups in total. The molecule has 6 nitrogen and oxygen atoms in total. The van der Waals surface area contributed by atoms with Crippen molar-refractivity contribution in [3.63, 3.8) is 0 Å². The van der Waals surface area contributed by atoms with Gasteiger partial charge in [0.05, 0.1) is 0 Å². The number of aromatic nitrogens is 4. The van der Waals surface area contributed by atoms with Crippen molar-refractivity contribution in [1.82, 2.24) is 19.1 Å². The van der Waals surface area contributed by atoms with E-state index in [4.69, 9.17) is 22.3 Å². The number of hydrogen-bond donors (Lipinski definition) is 0. The van der Waals surface area contributed by atoms with E-state index in [9.17, 15) is 0 Å². The van der Waals surface area contributed by atoms with Crippen LogP contribution in [0.3, 0.4) is 0 Å². The largest absolute Gasteiger partial charge is 0.669 e. The molecule has 0 unspecified atom stereocenters. The summed E-state index contributed by atoms with van der Waals surface area (Å²) in [5, 5.41) is 7.74. The third kappa shape index (κ3) is 9.63. The van der Waals surface area contributed by atoms with Crippen molar-refractivity contribution >= 4 is 43.1 Å². The van der Waals surface area contributed by atoms with Crippen LogP contribution < -0.4 is 9.47 Å². The van der Waals surface area contributed by atoms with Crippen LogP contribution in [0.4, 0.5) is 0 Å². The van der Waals surface area contributed by atoms with Crippen molar-refractivity contribution in [3.05, 3.63) is 208 Å². The minimum Gasteiger partial charge on any atom is -0.669 e. The van der Waals surface area contributed by atoms with Crippen molar-refractivity contribution in [1.29, 1.82) is 0 Å². The third-order valence-electron chi connectivity index (χ3n) is 8.68. The van der Waals surface area contributed by atoms with Gasteiger partial charge in [-0.05, 0) is 35.0 Å². The van der Waals surface area contributed by atoms with Gasteiger partial charge in [-0.3, -0.25) is 0 Å². The number of rotatable bonds is 5. The van der Waals surface area contributed by atoms with E-state index in [1.165, 1.54) is 0 Å². The molecule has 4 heterocycles. The summed E-state index contributed by atoms with van der Waals surface area (Å²) >= 11 is 0. The van der Waals surface area contributed by atoms with Gasteiger partial charge < -0.3 is 66.8 Å². The van der Waals surface area contributed by atoms with Crippen molar-refractivity contribution in [2.24, 2.45) is 0 Å². The molecular formula is C50H28N4O2Pt2-6. The first kappa shape index (κ1) is 41.0. The van der Waals surface area contributed by atoms with Crippen LogP contribution in [0.1, 0.15) is 0 Å². The standard InChI is InChI=1S/C38H20N2O2.2C6H4N.2Pt/c1-3-13-29-23-39-37(21-25(29)9-1)41-35-19-31(17-27-11-5-7-15-33(27)35)32-18-28-12-6-8-16-34(28)36(20-32)42-38-22-26-10-2-4-14-30(26)24-40-38;2*1-2-7-5-3-4-6-7;;/h1-16,21-24H;2*3-6H;;/q-4;2*-1;;. The van der Waals surface area contributed by atoms with Gasteiger partial charge in [-0.1, -0.05) is 96.4 Å². The summed E-state index contributed by atoms with van der Waals surface area (Å²) in [4.78, 5) is 9.08. The Morgan fingerprint density at radius 2 is 0.810 bits per heavy atom. The molecule has 0 aliphatic heterocycles. The predicted octanol–water partition coefficient (Wildman–Crippen LogP) is 11.3. The molecule has 0 atom stereocenters. The van der Waals surface area contributed by atoms with Crippen LogP contribution in [0.5, 0.6) is 23.3 Å². The van der Waals surface area contributed by atoms with Gasteiger partial charge in [0.2, 0.25) is 11.8 Å². The van der Waals surface area contributed by atoms with Gasteiger partial charge in [0, 0.05) is 102 Å². The maximum absolute atomic E-state index is 6.57. The zero-order valence-corrected chi connectivity index (χ0v) is 34.9. The second-order valence-electron chi connectivity index (χ2n) is 12.3. The zero-order valence-electron chi connectivity index (χ0n) is 30.4. The molecule has 10 rings (SSSR count). The van der Waals surface area contributed by atoms with Crippen molar-refractivity contribution in [3.8, 4) is 46.5 Å². The van der Waals surface area contributed by atoms with E-state index in [1.807, 2.05) is 146 Å². The molecule has 0 aliphatic rings. The molecule has 0 saturated carbocycles. The number of hydrogen-bond acceptors (Lipinski definition) is 4. The van der Waals surface area contributed by atoms with Gasteiger partial charge in [0.15, 0.2) is 0 Å². The van der Waals surface area contributed by atoms with Crippen LogP contribution in [0.2, 0.25) is 0 Å². The quantitative estimate of drug-likeness (QED) is 0.127. The second-order valence-corrected chi connectivity index (χ2v) is 12.3. The fourth-order valence-electron chi connectivity index (χ4n) is 5.95. The first-order chi connectivity index (χ1) is 27.6. The molecule has 0 radical (unpaired) electrons. The number of benzene rings is 6. The van der Waals surface area contributed by atoms with Gasteiger partial charge in [-0.15, -0.1) is 22.9 Å². The number of fused-ring (bicyclic) bond motifs is 4.